The minimum atomic E-state index is -3.29. The van der Waals surface area contributed by atoms with Crippen LogP contribution in [0.5, 0.6) is 0 Å². The van der Waals surface area contributed by atoms with Crippen LogP contribution in [-0.4, -0.2) is 68.5 Å². The summed E-state index contributed by atoms with van der Waals surface area (Å²) in [4.78, 5) is 13.4. The van der Waals surface area contributed by atoms with Crippen LogP contribution in [-0.2, 0) is 19.6 Å². The number of benzene rings is 1. The lowest BCUT2D eigenvalue weighted by molar-refractivity contribution is -0.124. The van der Waals surface area contributed by atoms with Crippen LogP contribution < -0.4 is 10.4 Å². The van der Waals surface area contributed by atoms with Gasteiger partial charge in [-0.2, -0.15) is 4.31 Å². The van der Waals surface area contributed by atoms with Crippen molar-refractivity contribution < 1.29 is 23.2 Å². The van der Waals surface area contributed by atoms with Gasteiger partial charge in [-0.05, 0) is 30.5 Å². The van der Waals surface area contributed by atoms with Gasteiger partial charge in [0.15, 0.2) is 0 Å². The second-order valence-electron chi connectivity index (χ2n) is 6.61. The van der Waals surface area contributed by atoms with Crippen LogP contribution in [0, 0.1) is 0 Å². The van der Waals surface area contributed by atoms with Crippen molar-refractivity contribution >= 4 is 27.7 Å². The molecule has 1 aromatic rings. The maximum Gasteiger partial charge on any atom is 0.267 e. The Morgan fingerprint density at radius 2 is 1.81 bits per heavy atom. The number of rotatable bonds is 5. The molecule has 148 valence electrons. The zero-order valence-corrected chi connectivity index (χ0v) is 15.9. The third-order valence-electron chi connectivity index (χ3n) is 4.99. The van der Waals surface area contributed by atoms with Crippen molar-refractivity contribution in [2.24, 2.45) is 0 Å². The Balaban J connectivity index is 1.67. The molecule has 0 spiro atoms. The van der Waals surface area contributed by atoms with Gasteiger partial charge in [-0.25, -0.2) is 13.9 Å². The number of ether oxygens (including phenoxy) is 1. The van der Waals surface area contributed by atoms with Gasteiger partial charge in [0.1, 0.15) is 0 Å². The van der Waals surface area contributed by atoms with E-state index in [9.17, 15) is 13.2 Å². The summed E-state index contributed by atoms with van der Waals surface area (Å²) in [6.07, 6.45) is 4.00. The highest BCUT2D eigenvalue weighted by atomic mass is 32.2. The summed E-state index contributed by atoms with van der Waals surface area (Å²) in [5.74, 6) is -0.600. The van der Waals surface area contributed by atoms with Gasteiger partial charge in [0.2, 0.25) is 10.0 Å². The lowest BCUT2D eigenvalue weighted by atomic mass is 10.1. The first-order valence-corrected chi connectivity index (χ1v) is 10.6. The fourth-order valence-corrected chi connectivity index (χ4v) is 5.37. The van der Waals surface area contributed by atoms with Crippen molar-refractivity contribution in [2.75, 3.05) is 44.3 Å². The monoisotopic (exact) mass is 395 g/mol. The molecule has 27 heavy (non-hydrogen) atoms. The number of para-hydroxylation sites is 1. The molecule has 3 rings (SSSR count). The SMILES string of the molecule is O=C(/C=C/c1ccccc1N1CCN(S(=O)(=O)C2CCOCC2)CC1)NO. The Morgan fingerprint density at radius 3 is 2.48 bits per heavy atom. The van der Waals surface area contributed by atoms with Gasteiger partial charge in [-0.15, -0.1) is 0 Å². The van der Waals surface area contributed by atoms with Gasteiger partial charge in [0, 0.05) is 51.2 Å². The number of anilines is 1. The zero-order valence-electron chi connectivity index (χ0n) is 15.1. The first kappa shape index (κ1) is 19.8. The summed E-state index contributed by atoms with van der Waals surface area (Å²) in [6.45, 7) is 3.05. The van der Waals surface area contributed by atoms with Gasteiger partial charge in [0.25, 0.3) is 5.91 Å². The number of carbonyl (C=O) groups excluding carboxylic acids is 1. The lowest BCUT2D eigenvalue weighted by Gasteiger charge is -2.38. The highest BCUT2D eigenvalue weighted by molar-refractivity contribution is 7.89. The van der Waals surface area contributed by atoms with E-state index in [4.69, 9.17) is 9.94 Å². The van der Waals surface area contributed by atoms with E-state index in [1.807, 2.05) is 24.3 Å². The van der Waals surface area contributed by atoms with E-state index in [1.54, 1.807) is 15.9 Å². The van der Waals surface area contributed by atoms with E-state index in [0.29, 0.717) is 52.2 Å². The summed E-state index contributed by atoms with van der Waals surface area (Å²) in [5.41, 5.74) is 3.33. The molecule has 2 fully saturated rings. The van der Waals surface area contributed by atoms with E-state index in [0.717, 1.165) is 11.3 Å². The molecule has 1 aromatic carbocycles. The number of sulfonamides is 1. The van der Waals surface area contributed by atoms with Gasteiger partial charge in [-0.1, -0.05) is 18.2 Å². The topological polar surface area (TPSA) is 99.2 Å². The molecule has 0 atom stereocenters. The third-order valence-corrected chi connectivity index (χ3v) is 7.39. The molecule has 2 saturated heterocycles. The average molecular weight is 395 g/mol. The molecule has 2 heterocycles. The van der Waals surface area contributed by atoms with Crippen LogP contribution in [0.4, 0.5) is 5.69 Å². The number of piperazine rings is 1. The molecule has 2 N–H and O–H groups in total. The van der Waals surface area contributed by atoms with E-state index in [2.05, 4.69) is 4.90 Å². The normalized spacial score (nSPS) is 20.1. The summed E-state index contributed by atoms with van der Waals surface area (Å²) < 4.78 is 32.5. The summed E-state index contributed by atoms with van der Waals surface area (Å²) in [7, 11) is -3.29. The second-order valence-corrected chi connectivity index (χ2v) is 8.82. The van der Waals surface area contributed by atoms with Gasteiger partial charge in [-0.3, -0.25) is 10.0 Å². The van der Waals surface area contributed by atoms with Gasteiger partial charge < -0.3 is 9.64 Å². The van der Waals surface area contributed by atoms with E-state index in [1.165, 1.54) is 6.08 Å². The molecule has 0 aliphatic carbocycles. The fraction of sp³-hybridized carbons (Fsp3) is 0.500. The first-order valence-electron chi connectivity index (χ1n) is 9.05. The Hall–Kier alpha value is -1.94. The molecule has 0 unspecified atom stereocenters. The quantitative estimate of drug-likeness (QED) is 0.435. The molecule has 8 nitrogen and oxygen atoms in total. The Morgan fingerprint density at radius 1 is 1.15 bits per heavy atom. The standard InChI is InChI=1S/C18H25N3O5S/c22-18(19-23)6-5-15-3-1-2-4-17(15)20-9-11-21(12-10-20)27(24,25)16-7-13-26-14-8-16/h1-6,16,23H,7-14H2,(H,19,22)/b6-5+. The van der Waals surface area contributed by atoms with Crippen molar-refractivity contribution in [3.8, 4) is 0 Å². The van der Waals surface area contributed by atoms with Crippen LogP contribution in [0.25, 0.3) is 6.08 Å². The summed E-state index contributed by atoms with van der Waals surface area (Å²) >= 11 is 0. The molecule has 0 radical (unpaired) electrons. The fourth-order valence-electron chi connectivity index (χ4n) is 3.49. The van der Waals surface area contributed by atoms with E-state index in [-0.39, 0.29) is 5.25 Å². The number of hydrogen-bond donors (Lipinski definition) is 2. The minimum absolute atomic E-state index is 0.343. The molecule has 0 bridgehead atoms. The number of nitrogens with one attached hydrogen (secondary N) is 1. The maximum absolute atomic E-state index is 12.8. The van der Waals surface area contributed by atoms with Crippen LogP contribution >= 0.6 is 0 Å². The molecule has 0 saturated carbocycles. The molecular weight excluding hydrogens is 370 g/mol. The molecule has 2 aliphatic heterocycles. The highest BCUT2D eigenvalue weighted by Gasteiger charge is 2.35. The Labute approximate surface area is 159 Å². The molecule has 2 aliphatic rings. The van der Waals surface area contributed by atoms with Crippen molar-refractivity contribution in [1.29, 1.82) is 0 Å². The lowest BCUT2D eigenvalue weighted by Crippen LogP contribution is -2.52. The summed E-state index contributed by atoms with van der Waals surface area (Å²) in [6, 6.07) is 7.59. The highest BCUT2D eigenvalue weighted by Crippen LogP contribution is 2.26. The van der Waals surface area contributed by atoms with Crippen molar-refractivity contribution in [3.05, 3.63) is 35.9 Å². The maximum atomic E-state index is 12.8. The molecule has 9 heteroatoms. The van der Waals surface area contributed by atoms with Crippen LogP contribution in [0.3, 0.4) is 0 Å². The van der Waals surface area contributed by atoms with Crippen molar-refractivity contribution in [2.45, 2.75) is 18.1 Å². The van der Waals surface area contributed by atoms with Crippen LogP contribution in [0.1, 0.15) is 18.4 Å². The predicted molar refractivity (Wildman–Crippen MR) is 102 cm³/mol. The molecule has 1 amide bonds. The molecular formula is C18H25N3O5S. The zero-order chi connectivity index (χ0) is 19.3. The van der Waals surface area contributed by atoms with Gasteiger partial charge >= 0.3 is 0 Å². The third kappa shape index (κ3) is 4.67. The smallest absolute Gasteiger partial charge is 0.267 e. The number of nitrogens with zero attached hydrogens (tertiary/aromatic N) is 2. The Kier molecular flexibility index (Phi) is 6.48. The van der Waals surface area contributed by atoms with E-state index < -0.39 is 15.9 Å². The molecule has 0 aromatic heterocycles. The van der Waals surface area contributed by atoms with Crippen LogP contribution in [0.2, 0.25) is 0 Å². The minimum Gasteiger partial charge on any atom is -0.381 e. The van der Waals surface area contributed by atoms with E-state index >= 15 is 0 Å². The number of hydroxylamine groups is 1. The average Bonchev–Trinajstić information content (AvgIpc) is 2.73. The summed E-state index contributed by atoms with van der Waals surface area (Å²) in [5, 5.41) is 8.27. The van der Waals surface area contributed by atoms with Crippen LogP contribution in [0.15, 0.2) is 30.3 Å². The van der Waals surface area contributed by atoms with Crippen molar-refractivity contribution in [3.63, 3.8) is 0 Å². The number of carbonyl (C=O) groups is 1. The Bertz CT molecular complexity index is 782. The number of hydrogen-bond acceptors (Lipinski definition) is 6. The van der Waals surface area contributed by atoms with Crippen molar-refractivity contribution in [1.82, 2.24) is 9.79 Å². The van der Waals surface area contributed by atoms with Gasteiger partial charge in [0.05, 0.1) is 5.25 Å². The predicted octanol–water partition coefficient (Wildman–Crippen LogP) is 0.836. The largest absolute Gasteiger partial charge is 0.381 e. The second kappa shape index (κ2) is 8.83. The number of amides is 1. The first-order chi connectivity index (χ1) is 13.0.